The van der Waals surface area contributed by atoms with Crippen LogP contribution < -0.4 is 10.5 Å². The molecular formula is C15H18N2OS. The Kier molecular flexibility index (Phi) is 4.32. The number of benzene rings is 1. The average molecular weight is 274 g/mol. The second kappa shape index (κ2) is 5.97. The summed E-state index contributed by atoms with van der Waals surface area (Å²) in [5.74, 6) is 1.38. The number of hydrogen-bond donors (Lipinski definition) is 1. The van der Waals surface area contributed by atoms with Gasteiger partial charge >= 0.3 is 0 Å². The van der Waals surface area contributed by atoms with Crippen LogP contribution in [0.5, 0.6) is 5.88 Å². The molecule has 0 saturated carbocycles. The Hall–Kier alpha value is -1.68. The summed E-state index contributed by atoms with van der Waals surface area (Å²) in [6.07, 6.45) is 0. The Bertz CT molecular complexity index is 564. The molecule has 0 fully saturated rings. The van der Waals surface area contributed by atoms with Gasteiger partial charge in [0.25, 0.3) is 0 Å². The molecule has 0 aliphatic carbocycles. The lowest BCUT2D eigenvalue weighted by Gasteiger charge is -2.07. The summed E-state index contributed by atoms with van der Waals surface area (Å²) in [6, 6.07) is 10.3. The van der Waals surface area contributed by atoms with Crippen molar-refractivity contribution in [1.29, 1.82) is 0 Å². The van der Waals surface area contributed by atoms with E-state index in [0.29, 0.717) is 11.6 Å². The van der Waals surface area contributed by atoms with E-state index in [1.54, 1.807) is 18.9 Å². The fourth-order valence-corrected chi connectivity index (χ4v) is 2.78. The molecule has 0 unspecified atom stereocenters. The molecule has 0 aliphatic heterocycles. The highest BCUT2D eigenvalue weighted by Crippen LogP contribution is 2.26. The van der Waals surface area contributed by atoms with Gasteiger partial charge in [-0.2, -0.15) is 0 Å². The van der Waals surface area contributed by atoms with E-state index in [2.05, 4.69) is 37.0 Å². The number of methoxy groups -OCH3 is 1. The first kappa shape index (κ1) is 13.7. The summed E-state index contributed by atoms with van der Waals surface area (Å²) < 4.78 is 5.13. The highest BCUT2D eigenvalue weighted by molar-refractivity contribution is 7.98. The van der Waals surface area contributed by atoms with Crippen molar-refractivity contribution in [3.63, 3.8) is 0 Å². The summed E-state index contributed by atoms with van der Waals surface area (Å²) in [5.41, 5.74) is 10.2. The molecule has 1 aromatic heterocycles. The van der Waals surface area contributed by atoms with Crippen molar-refractivity contribution >= 4 is 17.4 Å². The van der Waals surface area contributed by atoms with Crippen LogP contribution in [-0.4, -0.2) is 12.1 Å². The maximum absolute atomic E-state index is 5.75. The minimum absolute atomic E-state index is 0.491. The fourth-order valence-electron chi connectivity index (χ4n) is 1.99. The standard InChI is InChI=1S/C15H18N2OS/c1-10-6-11(2)8-12(7-10)9-19-14-5-4-13(16)15(17-14)18-3/h4-8H,9,16H2,1-3H3. The molecule has 0 saturated heterocycles. The summed E-state index contributed by atoms with van der Waals surface area (Å²) in [6.45, 7) is 4.23. The number of anilines is 1. The van der Waals surface area contributed by atoms with Crippen molar-refractivity contribution in [2.24, 2.45) is 0 Å². The van der Waals surface area contributed by atoms with Crippen molar-refractivity contribution in [3.8, 4) is 5.88 Å². The van der Waals surface area contributed by atoms with Crippen molar-refractivity contribution in [2.75, 3.05) is 12.8 Å². The molecule has 0 atom stereocenters. The lowest BCUT2D eigenvalue weighted by molar-refractivity contribution is 0.397. The summed E-state index contributed by atoms with van der Waals surface area (Å²) in [5, 5.41) is 0.921. The molecule has 0 radical (unpaired) electrons. The van der Waals surface area contributed by atoms with Crippen LogP contribution in [0.3, 0.4) is 0 Å². The number of aryl methyl sites for hydroxylation is 2. The van der Waals surface area contributed by atoms with Crippen molar-refractivity contribution < 1.29 is 4.74 Å². The zero-order valence-electron chi connectivity index (χ0n) is 11.4. The number of thioether (sulfide) groups is 1. The maximum Gasteiger partial charge on any atom is 0.237 e. The molecule has 0 aliphatic rings. The fraction of sp³-hybridized carbons (Fsp3) is 0.267. The summed E-state index contributed by atoms with van der Waals surface area (Å²) in [7, 11) is 1.58. The molecule has 2 N–H and O–H groups in total. The van der Waals surface area contributed by atoms with E-state index in [0.717, 1.165) is 10.8 Å². The van der Waals surface area contributed by atoms with E-state index in [4.69, 9.17) is 10.5 Å². The van der Waals surface area contributed by atoms with Crippen LogP contribution in [0.2, 0.25) is 0 Å². The number of aromatic nitrogens is 1. The first-order valence-electron chi connectivity index (χ1n) is 6.09. The van der Waals surface area contributed by atoms with Crippen LogP contribution in [0.25, 0.3) is 0 Å². The van der Waals surface area contributed by atoms with Gasteiger partial charge in [-0.15, -0.1) is 11.8 Å². The van der Waals surface area contributed by atoms with Gasteiger partial charge in [0.15, 0.2) is 0 Å². The van der Waals surface area contributed by atoms with Crippen LogP contribution >= 0.6 is 11.8 Å². The molecular weight excluding hydrogens is 256 g/mol. The van der Waals surface area contributed by atoms with Gasteiger partial charge in [0.2, 0.25) is 5.88 Å². The number of nitrogen functional groups attached to an aromatic ring is 1. The van der Waals surface area contributed by atoms with Gasteiger partial charge in [0.1, 0.15) is 5.03 Å². The predicted octanol–water partition coefficient (Wildman–Crippen LogP) is 3.58. The highest BCUT2D eigenvalue weighted by atomic mass is 32.2. The molecule has 19 heavy (non-hydrogen) atoms. The van der Waals surface area contributed by atoms with Gasteiger partial charge in [0, 0.05) is 5.75 Å². The zero-order valence-corrected chi connectivity index (χ0v) is 12.3. The van der Waals surface area contributed by atoms with Gasteiger partial charge in [0.05, 0.1) is 12.8 Å². The second-order valence-electron chi connectivity index (χ2n) is 4.53. The number of rotatable bonds is 4. The van der Waals surface area contributed by atoms with E-state index in [1.807, 2.05) is 12.1 Å². The topological polar surface area (TPSA) is 48.1 Å². The number of pyridine rings is 1. The summed E-state index contributed by atoms with van der Waals surface area (Å²) >= 11 is 1.68. The Labute approximate surface area is 118 Å². The quantitative estimate of drug-likeness (QED) is 0.866. The number of nitrogens with zero attached hydrogens (tertiary/aromatic N) is 1. The smallest absolute Gasteiger partial charge is 0.237 e. The average Bonchev–Trinajstić information content (AvgIpc) is 2.36. The van der Waals surface area contributed by atoms with Crippen molar-refractivity contribution in [2.45, 2.75) is 24.6 Å². The Morgan fingerprint density at radius 2 is 1.84 bits per heavy atom. The van der Waals surface area contributed by atoms with E-state index in [1.165, 1.54) is 16.7 Å². The molecule has 2 aromatic rings. The monoisotopic (exact) mass is 274 g/mol. The molecule has 1 heterocycles. The van der Waals surface area contributed by atoms with Gasteiger partial charge in [-0.25, -0.2) is 4.98 Å². The molecule has 100 valence electrons. The van der Waals surface area contributed by atoms with E-state index < -0.39 is 0 Å². The van der Waals surface area contributed by atoms with Crippen LogP contribution in [0.1, 0.15) is 16.7 Å². The largest absolute Gasteiger partial charge is 0.480 e. The zero-order chi connectivity index (χ0) is 13.8. The number of nitrogens with two attached hydrogens (primary N) is 1. The molecule has 4 heteroatoms. The van der Waals surface area contributed by atoms with Gasteiger partial charge in [-0.1, -0.05) is 29.3 Å². The predicted molar refractivity (Wildman–Crippen MR) is 80.7 cm³/mol. The third-order valence-electron chi connectivity index (χ3n) is 2.73. The summed E-state index contributed by atoms with van der Waals surface area (Å²) in [4.78, 5) is 4.37. The molecule has 0 amide bonds. The van der Waals surface area contributed by atoms with Crippen LogP contribution in [0.15, 0.2) is 35.4 Å². The highest BCUT2D eigenvalue weighted by Gasteiger charge is 2.04. The third kappa shape index (κ3) is 3.64. The maximum atomic E-state index is 5.75. The Morgan fingerprint density at radius 3 is 2.47 bits per heavy atom. The lowest BCUT2D eigenvalue weighted by atomic mass is 10.1. The van der Waals surface area contributed by atoms with E-state index in [9.17, 15) is 0 Å². The van der Waals surface area contributed by atoms with Crippen LogP contribution in [0.4, 0.5) is 5.69 Å². The van der Waals surface area contributed by atoms with Crippen LogP contribution in [0, 0.1) is 13.8 Å². The minimum atomic E-state index is 0.491. The first-order valence-corrected chi connectivity index (χ1v) is 7.07. The first-order chi connectivity index (χ1) is 9.08. The van der Waals surface area contributed by atoms with Crippen molar-refractivity contribution in [3.05, 3.63) is 47.0 Å². The Balaban J connectivity index is 2.10. The second-order valence-corrected chi connectivity index (χ2v) is 5.53. The molecule has 2 rings (SSSR count). The van der Waals surface area contributed by atoms with Gasteiger partial charge < -0.3 is 10.5 Å². The normalized spacial score (nSPS) is 10.5. The van der Waals surface area contributed by atoms with Crippen LogP contribution in [-0.2, 0) is 5.75 Å². The van der Waals surface area contributed by atoms with Gasteiger partial charge in [-0.05, 0) is 31.5 Å². The third-order valence-corrected chi connectivity index (χ3v) is 3.73. The Morgan fingerprint density at radius 1 is 1.16 bits per heavy atom. The molecule has 0 bridgehead atoms. The lowest BCUT2D eigenvalue weighted by Crippen LogP contribution is -1.96. The minimum Gasteiger partial charge on any atom is -0.480 e. The molecule has 3 nitrogen and oxygen atoms in total. The molecule has 1 aromatic carbocycles. The van der Waals surface area contributed by atoms with Crippen molar-refractivity contribution in [1.82, 2.24) is 4.98 Å². The SMILES string of the molecule is COc1nc(SCc2cc(C)cc(C)c2)ccc1N. The molecule has 0 spiro atoms. The van der Waals surface area contributed by atoms with E-state index >= 15 is 0 Å². The van der Waals surface area contributed by atoms with Gasteiger partial charge in [-0.3, -0.25) is 0 Å². The van der Waals surface area contributed by atoms with E-state index in [-0.39, 0.29) is 0 Å². The number of ether oxygens (including phenoxy) is 1. The number of hydrogen-bond acceptors (Lipinski definition) is 4.